The number of nitriles is 1. The van der Waals surface area contributed by atoms with Crippen LogP contribution in [0.2, 0.25) is 0 Å². The monoisotopic (exact) mass is 415 g/mol. The van der Waals surface area contributed by atoms with E-state index in [2.05, 4.69) is 16.1 Å². The van der Waals surface area contributed by atoms with Gasteiger partial charge in [0.15, 0.2) is 0 Å². The Kier molecular flexibility index (Phi) is 3.99. The quantitative estimate of drug-likeness (QED) is 0.698. The Labute approximate surface area is 180 Å². The van der Waals surface area contributed by atoms with Crippen molar-refractivity contribution in [2.75, 3.05) is 11.5 Å². The number of ether oxygens (including phenoxy) is 1. The first-order valence-electron chi connectivity index (χ1n) is 11.0. The third-order valence-electron chi connectivity index (χ3n) is 7.17. The lowest BCUT2D eigenvalue weighted by Gasteiger charge is -2.60. The molecule has 2 unspecified atom stereocenters. The molecule has 0 spiro atoms. The average Bonchev–Trinajstić information content (AvgIpc) is 3.15. The topological polar surface area (TPSA) is 105 Å². The summed E-state index contributed by atoms with van der Waals surface area (Å²) in [5, 5.41) is 13.8. The van der Waals surface area contributed by atoms with Crippen LogP contribution in [0.4, 0.5) is 5.82 Å². The van der Waals surface area contributed by atoms with Crippen molar-refractivity contribution in [2.45, 2.75) is 56.7 Å². The molecular weight excluding hydrogens is 390 g/mol. The lowest BCUT2D eigenvalue weighted by atomic mass is 9.60. The molecule has 2 N–H and O–H groups in total. The molecule has 2 saturated heterocycles. The van der Waals surface area contributed by atoms with Gasteiger partial charge in [0.1, 0.15) is 17.6 Å². The van der Waals surface area contributed by atoms with E-state index in [4.69, 9.17) is 20.4 Å². The second-order valence-electron chi connectivity index (χ2n) is 9.27. The summed E-state index contributed by atoms with van der Waals surface area (Å²) in [4.78, 5) is 12.0. The van der Waals surface area contributed by atoms with Crippen molar-refractivity contribution in [3.8, 4) is 23.1 Å². The standard InChI is InChI=1S/C23H25N7O/c1-2-31-18-5-19(22-15(9-24)10-28-29(22)13-18)20-11-27-21(12-26-20)30-16-3-14-4-17(30)8-23(25,6-14)7-16/h5,10-14,16-17H,2-4,6-8,25H2,1H3. The van der Waals surface area contributed by atoms with Crippen LogP contribution in [0.15, 0.2) is 30.9 Å². The van der Waals surface area contributed by atoms with E-state index in [0.29, 0.717) is 41.2 Å². The van der Waals surface area contributed by atoms with E-state index in [-0.39, 0.29) is 5.54 Å². The SMILES string of the molecule is CCOc1cc(-c2cnc(N3C4CC5CC3CC(N)(C5)C4)cn2)c2c(C#N)cnn2c1. The fourth-order valence-corrected chi connectivity index (χ4v) is 6.27. The van der Waals surface area contributed by atoms with E-state index >= 15 is 0 Å². The van der Waals surface area contributed by atoms with Crippen molar-refractivity contribution in [3.63, 3.8) is 0 Å². The maximum atomic E-state index is 9.53. The van der Waals surface area contributed by atoms with Gasteiger partial charge in [-0.3, -0.25) is 4.98 Å². The van der Waals surface area contributed by atoms with Crippen LogP contribution >= 0.6 is 0 Å². The molecular formula is C23H25N7O. The Morgan fingerprint density at radius 2 is 2.00 bits per heavy atom. The molecule has 3 aromatic heterocycles. The number of rotatable bonds is 4. The molecule has 0 amide bonds. The molecule has 8 heteroatoms. The zero-order valence-electron chi connectivity index (χ0n) is 17.5. The van der Waals surface area contributed by atoms with Crippen molar-refractivity contribution in [3.05, 3.63) is 36.4 Å². The number of hydrogen-bond donors (Lipinski definition) is 1. The molecule has 0 aromatic carbocycles. The summed E-state index contributed by atoms with van der Waals surface area (Å²) in [6.07, 6.45) is 12.7. The van der Waals surface area contributed by atoms with E-state index in [1.807, 2.05) is 19.2 Å². The molecule has 4 fully saturated rings. The van der Waals surface area contributed by atoms with Crippen molar-refractivity contribution in [2.24, 2.45) is 11.7 Å². The fourth-order valence-electron chi connectivity index (χ4n) is 6.27. The number of hydrogen-bond acceptors (Lipinski definition) is 7. The van der Waals surface area contributed by atoms with Gasteiger partial charge in [-0.05, 0) is 51.0 Å². The number of aromatic nitrogens is 4. The normalized spacial score (nSPS) is 28.8. The number of nitrogens with two attached hydrogens (primary N) is 1. The second-order valence-corrected chi connectivity index (χ2v) is 9.27. The van der Waals surface area contributed by atoms with Crippen LogP contribution in [0.25, 0.3) is 16.8 Å². The van der Waals surface area contributed by atoms with Gasteiger partial charge in [0.25, 0.3) is 0 Å². The molecule has 2 atom stereocenters. The number of nitrogens with zero attached hydrogens (tertiary/aromatic N) is 6. The van der Waals surface area contributed by atoms with E-state index in [1.165, 1.54) is 19.3 Å². The third-order valence-corrected chi connectivity index (χ3v) is 7.17. The minimum Gasteiger partial charge on any atom is -0.492 e. The smallest absolute Gasteiger partial charge is 0.147 e. The van der Waals surface area contributed by atoms with Gasteiger partial charge in [-0.2, -0.15) is 10.4 Å². The first-order valence-corrected chi connectivity index (χ1v) is 11.0. The first-order chi connectivity index (χ1) is 15.1. The Bertz CT molecular complexity index is 1180. The van der Waals surface area contributed by atoms with Crippen molar-refractivity contribution in [1.82, 2.24) is 19.6 Å². The zero-order valence-corrected chi connectivity index (χ0v) is 17.5. The predicted molar refractivity (Wildman–Crippen MR) is 116 cm³/mol. The van der Waals surface area contributed by atoms with Gasteiger partial charge >= 0.3 is 0 Å². The van der Waals surface area contributed by atoms with Gasteiger partial charge in [-0.25, -0.2) is 9.50 Å². The van der Waals surface area contributed by atoms with Gasteiger partial charge in [0, 0.05) is 23.2 Å². The molecule has 0 radical (unpaired) electrons. The van der Waals surface area contributed by atoms with Crippen molar-refractivity contribution < 1.29 is 4.74 Å². The highest BCUT2D eigenvalue weighted by atomic mass is 16.5. The Morgan fingerprint density at radius 3 is 2.65 bits per heavy atom. The van der Waals surface area contributed by atoms with E-state index in [1.54, 1.807) is 23.1 Å². The highest BCUT2D eigenvalue weighted by molar-refractivity contribution is 5.83. The lowest BCUT2D eigenvalue weighted by Crippen LogP contribution is -2.67. The Hall–Kier alpha value is -3.18. The molecule has 8 nitrogen and oxygen atoms in total. The highest BCUT2D eigenvalue weighted by Crippen LogP contribution is 2.51. The lowest BCUT2D eigenvalue weighted by molar-refractivity contribution is 0.0647. The molecule has 7 rings (SSSR count). The maximum Gasteiger partial charge on any atom is 0.147 e. The number of piperidine rings is 2. The van der Waals surface area contributed by atoms with Crippen molar-refractivity contribution in [1.29, 1.82) is 5.26 Å². The zero-order chi connectivity index (χ0) is 21.2. The van der Waals surface area contributed by atoms with Crippen LogP contribution in [0.5, 0.6) is 5.75 Å². The molecule has 4 bridgehead atoms. The van der Waals surface area contributed by atoms with Crippen LogP contribution in [0, 0.1) is 17.2 Å². The molecule has 2 saturated carbocycles. The summed E-state index contributed by atoms with van der Waals surface area (Å²) in [6.45, 7) is 2.48. The molecule has 31 heavy (non-hydrogen) atoms. The molecule has 158 valence electrons. The second kappa shape index (κ2) is 6.66. The molecule has 3 aromatic rings. The largest absolute Gasteiger partial charge is 0.492 e. The van der Waals surface area contributed by atoms with Crippen LogP contribution in [-0.2, 0) is 0 Å². The number of anilines is 1. The predicted octanol–water partition coefficient (Wildman–Crippen LogP) is 2.91. The van der Waals surface area contributed by atoms with Crippen LogP contribution < -0.4 is 15.4 Å². The summed E-state index contributed by atoms with van der Waals surface area (Å²) < 4.78 is 7.38. The first kappa shape index (κ1) is 18.6. The fraction of sp³-hybridized carbons (Fsp3) is 0.478. The Balaban J connectivity index is 1.38. The summed E-state index contributed by atoms with van der Waals surface area (Å²) in [6, 6.07) is 5.05. The van der Waals surface area contributed by atoms with E-state index in [9.17, 15) is 5.26 Å². The molecule has 5 heterocycles. The van der Waals surface area contributed by atoms with Gasteiger partial charge < -0.3 is 15.4 Å². The number of fused-ring (bicyclic) bond motifs is 1. The van der Waals surface area contributed by atoms with Crippen LogP contribution in [0.1, 0.15) is 44.6 Å². The van der Waals surface area contributed by atoms with E-state index in [0.717, 1.165) is 30.1 Å². The Morgan fingerprint density at radius 1 is 1.19 bits per heavy atom. The van der Waals surface area contributed by atoms with Gasteiger partial charge in [0.2, 0.25) is 0 Å². The van der Waals surface area contributed by atoms with E-state index < -0.39 is 0 Å². The minimum atomic E-state index is 0.0153. The maximum absolute atomic E-state index is 9.53. The summed E-state index contributed by atoms with van der Waals surface area (Å²) in [5.41, 5.74) is 9.39. The molecule has 4 aliphatic rings. The van der Waals surface area contributed by atoms with Gasteiger partial charge in [-0.15, -0.1) is 0 Å². The van der Waals surface area contributed by atoms with Crippen LogP contribution in [0.3, 0.4) is 0 Å². The molecule has 2 aliphatic carbocycles. The van der Waals surface area contributed by atoms with Gasteiger partial charge in [0.05, 0.1) is 48.2 Å². The third kappa shape index (κ3) is 2.87. The average molecular weight is 416 g/mol. The van der Waals surface area contributed by atoms with Gasteiger partial charge in [-0.1, -0.05) is 0 Å². The highest BCUT2D eigenvalue weighted by Gasteiger charge is 2.53. The summed E-state index contributed by atoms with van der Waals surface area (Å²) >= 11 is 0. The van der Waals surface area contributed by atoms with Crippen molar-refractivity contribution >= 4 is 11.3 Å². The molecule has 2 aliphatic heterocycles. The minimum absolute atomic E-state index is 0.0153. The summed E-state index contributed by atoms with van der Waals surface area (Å²) in [7, 11) is 0. The summed E-state index contributed by atoms with van der Waals surface area (Å²) in [5.74, 6) is 2.36. The number of pyridine rings is 1. The van der Waals surface area contributed by atoms with Crippen LogP contribution in [-0.4, -0.2) is 43.8 Å².